The monoisotopic (exact) mass is 271 g/mol. The number of benzene rings is 1. The number of hydrogen-bond donors (Lipinski definition) is 0. The molecule has 110 valence electrons. The molecule has 1 heterocycles. The zero-order chi connectivity index (χ0) is 13.8. The molecule has 0 N–H and O–H groups in total. The highest BCUT2D eigenvalue weighted by Gasteiger charge is 2.46. The summed E-state index contributed by atoms with van der Waals surface area (Å²) < 4.78 is 0. The van der Waals surface area contributed by atoms with Crippen molar-refractivity contribution >= 4 is 0 Å². The third-order valence-corrected chi connectivity index (χ3v) is 5.74. The van der Waals surface area contributed by atoms with Crippen LogP contribution in [-0.4, -0.2) is 24.5 Å². The Bertz CT molecular complexity index is 413. The van der Waals surface area contributed by atoms with Crippen molar-refractivity contribution in [2.24, 2.45) is 5.92 Å². The topological polar surface area (TPSA) is 3.24 Å². The van der Waals surface area contributed by atoms with Gasteiger partial charge in [0, 0.05) is 12.0 Å². The average molecular weight is 271 g/mol. The minimum absolute atomic E-state index is 0.516. The second-order valence-electron chi connectivity index (χ2n) is 6.87. The van der Waals surface area contributed by atoms with Gasteiger partial charge in [-0.05, 0) is 50.3 Å². The normalized spacial score (nSPS) is 30.4. The van der Waals surface area contributed by atoms with Crippen molar-refractivity contribution in [3.8, 4) is 0 Å². The van der Waals surface area contributed by atoms with E-state index in [4.69, 9.17) is 0 Å². The second-order valence-corrected chi connectivity index (χ2v) is 6.87. The van der Waals surface area contributed by atoms with Crippen molar-refractivity contribution in [1.29, 1.82) is 0 Å². The summed E-state index contributed by atoms with van der Waals surface area (Å²) in [5, 5.41) is 0. The molecule has 0 amide bonds. The van der Waals surface area contributed by atoms with Gasteiger partial charge in [-0.1, -0.05) is 56.5 Å². The molecule has 1 heteroatoms. The van der Waals surface area contributed by atoms with E-state index in [9.17, 15) is 0 Å². The lowest BCUT2D eigenvalue weighted by molar-refractivity contribution is 0.109. The third-order valence-electron chi connectivity index (χ3n) is 5.74. The average Bonchev–Trinajstić information content (AvgIpc) is 2.93. The van der Waals surface area contributed by atoms with E-state index in [1.54, 1.807) is 5.56 Å². The van der Waals surface area contributed by atoms with Crippen molar-refractivity contribution in [2.75, 3.05) is 19.6 Å². The molecule has 1 aliphatic heterocycles. The van der Waals surface area contributed by atoms with E-state index in [1.807, 2.05) is 0 Å². The molecule has 0 aromatic heterocycles. The molecular formula is C19H29N. The molecule has 0 spiro atoms. The van der Waals surface area contributed by atoms with E-state index >= 15 is 0 Å². The molecule has 3 rings (SSSR count). The Labute approximate surface area is 124 Å². The summed E-state index contributed by atoms with van der Waals surface area (Å²) in [5.74, 6) is 0.903. The zero-order valence-electron chi connectivity index (χ0n) is 13.0. The van der Waals surface area contributed by atoms with Crippen LogP contribution >= 0.6 is 0 Å². The SMILES string of the molecule is CCCCCN1CCC2(c3ccccc3)CCCC2C1. The van der Waals surface area contributed by atoms with Gasteiger partial charge < -0.3 is 4.90 Å². The van der Waals surface area contributed by atoms with Gasteiger partial charge in [0.2, 0.25) is 0 Å². The van der Waals surface area contributed by atoms with Gasteiger partial charge in [0.05, 0.1) is 0 Å². The number of likely N-dealkylation sites (tertiary alicyclic amines) is 1. The van der Waals surface area contributed by atoms with Crippen LogP contribution in [0, 0.1) is 5.92 Å². The quantitative estimate of drug-likeness (QED) is 0.706. The molecule has 1 saturated heterocycles. The van der Waals surface area contributed by atoms with Gasteiger partial charge in [-0.25, -0.2) is 0 Å². The van der Waals surface area contributed by atoms with Crippen molar-refractivity contribution in [1.82, 2.24) is 4.90 Å². The summed E-state index contributed by atoms with van der Waals surface area (Å²) in [6.45, 7) is 6.29. The summed E-state index contributed by atoms with van der Waals surface area (Å²) in [6.07, 6.45) is 9.80. The summed E-state index contributed by atoms with van der Waals surface area (Å²) in [7, 11) is 0. The molecule has 1 aromatic rings. The van der Waals surface area contributed by atoms with Crippen LogP contribution < -0.4 is 0 Å². The van der Waals surface area contributed by atoms with Crippen molar-refractivity contribution in [3.05, 3.63) is 35.9 Å². The summed E-state index contributed by atoms with van der Waals surface area (Å²) in [4.78, 5) is 2.74. The number of nitrogens with zero attached hydrogens (tertiary/aromatic N) is 1. The first-order valence-electron chi connectivity index (χ1n) is 8.63. The fourth-order valence-electron chi connectivity index (χ4n) is 4.58. The maximum atomic E-state index is 2.74. The van der Waals surface area contributed by atoms with Crippen molar-refractivity contribution < 1.29 is 0 Å². The fourth-order valence-corrected chi connectivity index (χ4v) is 4.58. The van der Waals surface area contributed by atoms with Crippen LogP contribution in [-0.2, 0) is 5.41 Å². The van der Waals surface area contributed by atoms with Gasteiger partial charge in [-0.2, -0.15) is 0 Å². The molecular weight excluding hydrogens is 242 g/mol. The highest BCUT2D eigenvalue weighted by molar-refractivity contribution is 5.29. The van der Waals surface area contributed by atoms with E-state index in [2.05, 4.69) is 42.2 Å². The summed E-state index contributed by atoms with van der Waals surface area (Å²) in [5.41, 5.74) is 2.14. The lowest BCUT2D eigenvalue weighted by Crippen LogP contribution is -2.47. The van der Waals surface area contributed by atoms with Crippen LogP contribution in [0.3, 0.4) is 0 Å². The fraction of sp³-hybridized carbons (Fsp3) is 0.684. The van der Waals surface area contributed by atoms with Gasteiger partial charge >= 0.3 is 0 Å². The van der Waals surface area contributed by atoms with Crippen LogP contribution in [0.15, 0.2) is 30.3 Å². The minimum atomic E-state index is 0.516. The molecule has 0 bridgehead atoms. The smallest absolute Gasteiger partial charge is 0.00182 e. The first-order valence-corrected chi connectivity index (χ1v) is 8.63. The number of hydrogen-bond acceptors (Lipinski definition) is 1. The second kappa shape index (κ2) is 6.30. The van der Waals surface area contributed by atoms with Gasteiger partial charge in [0.1, 0.15) is 0 Å². The molecule has 1 aliphatic carbocycles. The Morgan fingerprint density at radius 1 is 1.15 bits per heavy atom. The van der Waals surface area contributed by atoms with Crippen LogP contribution in [0.5, 0.6) is 0 Å². The number of rotatable bonds is 5. The summed E-state index contributed by atoms with van der Waals surface area (Å²) >= 11 is 0. The summed E-state index contributed by atoms with van der Waals surface area (Å²) in [6, 6.07) is 11.4. The Morgan fingerprint density at radius 3 is 2.80 bits per heavy atom. The van der Waals surface area contributed by atoms with Gasteiger partial charge in [0.25, 0.3) is 0 Å². The largest absolute Gasteiger partial charge is 0.303 e. The predicted molar refractivity (Wildman–Crippen MR) is 86.0 cm³/mol. The first kappa shape index (κ1) is 14.1. The minimum Gasteiger partial charge on any atom is -0.303 e. The third kappa shape index (κ3) is 2.65. The van der Waals surface area contributed by atoms with Gasteiger partial charge in [-0.3, -0.25) is 0 Å². The molecule has 2 unspecified atom stereocenters. The van der Waals surface area contributed by atoms with Gasteiger partial charge in [0.15, 0.2) is 0 Å². The number of fused-ring (bicyclic) bond motifs is 1. The number of piperidine rings is 1. The standard InChI is InChI=1S/C19H29N/c1-2-3-7-14-20-15-13-19(12-8-11-18(19)16-20)17-9-5-4-6-10-17/h4-6,9-10,18H,2-3,7-8,11-16H2,1H3. The van der Waals surface area contributed by atoms with E-state index in [0.717, 1.165) is 5.92 Å². The van der Waals surface area contributed by atoms with Gasteiger partial charge in [-0.15, -0.1) is 0 Å². The molecule has 2 fully saturated rings. The molecule has 1 nitrogen and oxygen atoms in total. The maximum absolute atomic E-state index is 2.74. The Kier molecular flexibility index (Phi) is 4.45. The first-order chi connectivity index (χ1) is 9.85. The van der Waals surface area contributed by atoms with Crippen LogP contribution in [0.2, 0.25) is 0 Å². The van der Waals surface area contributed by atoms with Crippen molar-refractivity contribution in [3.63, 3.8) is 0 Å². The zero-order valence-corrected chi connectivity index (χ0v) is 13.0. The van der Waals surface area contributed by atoms with E-state index < -0.39 is 0 Å². The van der Waals surface area contributed by atoms with E-state index in [1.165, 1.54) is 64.6 Å². The molecule has 2 aliphatic rings. The van der Waals surface area contributed by atoms with Crippen molar-refractivity contribution in [2.45, 2.75) is 57.3 Å². The Balaban J connectivity index is 1.69. The maximum Gasteiger partial charge on any atom is 0.00182 e. The highest BCUT2D eigenvalue weighted by Crippen LogP contribution is 2.50. The lowest BCUT2D eigenvalue weighted by atomic mass is 9.68. The van der Waals surface area contributed by atoms with Crippen LogP contribution in [0.4, 0.5) is 0 Å². The van der Waals surface area contributed by atoms with Crippen LogP contribution in [0.25, 0.3) is 0 Å². The molecule has 1 saturated carbocycles. The molecule has 0 radical (unpaired) electrons. The lowest BCUT2D eigenvalue weighted by Gasteiger charge is -2.45. The van der Waals surface area contributed by atoms with Crippen LogP contribution in [0.1, 0.15) is 57.4 Å². The van der Waals surface area contributed by atoms with E-state index in [-0.39, 0.29) is 0 Å². The highest BCUT2D eigenvalue weighted by atomic mass is 15.1. The molecule has 1 aromatic carbocycles. The van der Waals surface area contributed by atoms with E-state index in [0.29, 0.717) is 5.41 Å². The number of unbranched alkanes of at least 4 members (excludes halogenated alkanes) is 2. The predicted octanol–water partition coefficient (Wildman–Crippen LogP) is 4.62. The Morgan fingerprint density at radius 2 is 2.00 bits per heavy atom. The Hall–Kier alpha value is -0.820. The molecule has 20 heavy (non-hydrogen) atoms. The molecule has 2 atom stereocenters.